The van der Waals surface area contributed by atoms with Crippen LogP contribution in [0.25, 0.3) is 0 Å². The van der Waals surface area contributed by atoms with Crippen LogP contribution in [0.5, 0.6) is 0 Å². The zero-order chi connectivity index (χ0) is 26.8. The summed E-state index contributed by atoms with van der Waals surface area (Å²) in [4.78, 5) is 70.0. The van der Waals surface area contributed by atoms with Gasteiger partial charge in [0.05, 0.1) is 31.6 Å². The van der Waals surface area contributed by atoms with E-state index in [4.69, 9.17) is 5.73 Å². The molecule has 37 heavy (non-hydrogen) atoms. The highest BCUT2D eigenvalue weighted by molar-refractivity contribution is 5.94. The molecule has 3 rings (SSSR count). The summed E-state index contributed by atoms with van der Waals surface area (Å²) in [5.41, 5.74) is 7.56. The van der Waals surface area contributed by atoms with E-state index in [-0.39, 0.29) is 19.3 Å². The number of aromatic amines is 3. The Hall–Kier alpha value is -4.57. The first kappa shape index (κ1) is 27.0. The number of nitrogens with one attached hydrogen (secondary N) is 6. The van der Waals surface area contributed by atoms with Gasteiger partial charge in [-0.25, -0.2) is 19.7 Å². The highest BCUT2D eigenvalue weighted by atomic mass is 16.4. The summed E-state index contributed by atoms with van der Waals surface area (Å²) in [5.74, 6) is -3.68. The van der Waals surface area contributed by atoms with Crippen molar-refractivity contribution in [1.82, 2.24) is 45.9 Å². The predicted octanol–water partition coefficient (Wildman–Crippen LogP) is -3.26. The van der Waals surface area contributed by atoms with Gasteiger partial charge in [-0.3, -0.25) is 14.4 Å². The number of H-pyrrole nitrogens is 3. The number of carbonyl (C=O) groups excluding carboxylic acids is 3. The molecule has 3 aromatic heterocycles. The number of amides is 3. The summed E-state index contributed by atoms with van der Waals surface area (Å²) >= 11 is 0. The van der Waals surface area contributed by atoms with Gasteiger partial charge in [0.25, 0.3) is 0 Å². The quantitative estimate of drug-likeness (QED) is 0.103. The first-order valence-corrected chi connectivity index (χ1v) is 11.2. The standard InChI is InChI=1S/C21H28N10O6/c22-14(1-11-4-23-8-26-11)18(33)29-15(2-12-5-24-9-27-12)19(34)31-17(7-32)20(35)30-16(21(36)37)3-13-6-25-10-28-13/h4-6,8-10,14-17,32H,1-3,7,22H2,(H,23,26)(H,24,27)(H,25,28)(H,29,33)(H,30,35)(H,31,34)(H,36,37). The lowest BCUT2D eigenvalue weighted by Gasteiger charge is -2.24. The van der Waals surface area contributed by atoms with E-state index < -0.39 is 54.5 Å². The van der Waals surface area contributed by atoms with Crippen LogP contribution in [0, 0.1) is 0 Å². The van der Waals surface area contributed by atoms with Gasteiger partial charge in [-0.2, -0.15) is 0 Å². The Morgan fingerprint density at radius 2 is 1.16 bits per heavy atom. The van der Waals surface area contributed by atoms with E-state index in [2.05, 4.69) is 45.9 Å². The Morgan fingerprint density at radius 3 is 1.62 bits per heavy atom. The van der Waals surface area contributed by atoms with E-state index in [1.807, 2.05) is 0 Å². The molecule has 10 N–H and O–H groups in total. The third kappa shape index (κ3) is 7.97. The van der Waals surface area contributed by atoms with Crippen molar-refractivity contribution in [1.29, 1.82) is 0 Å². The lowest BCUT2D eigenvalue weighted by atomic mass is 10.1. The van der Waals surface area contributed by atoms with Crippen molar-refractivity contribution >= 4 is 23.7 Å². The topological polar surface area (TPSA) is 257 Å². The third-order valence-corrected chi connectivity index (χ3v) is 5.35. The van der Waals surface area contributed by atoms with Crippen molar-refractivity contribution in [3.8, 4) is 0 Å². The molecular weight excluding hydrogens is 488 g/mol. The van der Waals surface area contributed by atoms with Crippen molar-refractivity contribution in [2.24, 2.45) is 5.73 Å². The number of aromatic nitrogens is 6. The number of imidazole rings is 3. The molecule has 0 aliphatic carbocycles. The third-order valence-electron chi connectivity index (χ3n) is 5.35. The minimum Gasteiger partial charge on any atom is -0.480 e. The van der Waals surface area contributed by atoms with E-state index in [0.717, 1.165) is 0 Å². The van der Waals surface area contributed by atoms with Crippen LogP contribution in [-0.4, -0.2) is 94.6 Å². The van der Waals surface area contributed by atoms with E-state index in [9.17, 15) is 29.4 Å². The van der Waals surface area contributed by atoms with E-state index >= 15 is 0 Å². The molecule has 4 unspecified atom stereocenters. The number of aliphatic hydroxyl groups excluding tert-OH is 1. The normalized spacial score (nSPS) is 14.2. The first-order valence-electron chi connectivity index (χ1n) is 11.2. The van der Waals surface area contributed by atoms with Crippen LogP contribution in [0.15, 0.2) is 37.6 Å². The van der Waals surface area contributed by atoms with Gasteiger partial charge in [-0.1, -0.05) is 0 Å². The van der Waals surface area contributed by atoms with Gasteiger partial charge in [0.15, 0.2) is 0 Å². The van der Waals surface area contributed by atoms with Gasteiger partial charge in [-0.05, 0) is 0 Å². The van der Waals surface area contributed by atoms with Gasteiger partial charge in [-0.15, -0.1) is 0 Å². The van der Waals surface area contributed by atoms with Crippen molar-refractivity contribution in [3.05, 3.63) is 54.7 Å². The summed E-state index contributed by atoms with van der Waals surface area (Å²) in [6.45, 7) is -0.821. The second kappa shape index (κ2) is 12.9. The predicted molar refractivity (Wildman–Crippen MR) is 125 cm³/mol. The SMILES string of the molecule is NC(Cc1cnc[nH]1)C(=O)NC(Cc1cnc[nH]1)C(=O)NC(CO)C(=O)NC(Cc1cnc[nH]1)C(=O)O. The molecule has 0 bridgehead atoms. The molecule has 0 aromatic carbocycles. The smallest absolute Gasteiger partial charge is 0.326 e. The number of hydrogen-bond donors (Lipinski definition) is 9. The van der Waals surface area contributed by atoms with Crippen LogP contribution in [0.1, 0.15) is 17.1 Å². The fourth-order valence-corrected chi connectivity index (χ4v) is 3.39. The van der Waals surface area contributed by atoms with Crippen molar-refractivity contribution in [3.63, 3.8) is 0 Å². The lowest BCUT2D eigenvalue weighted by Crippen LogP contribution is -2.58. The van der Waals surface area contributed by atoms with Gasteiger partial charge >= 0.3 is 5.97 Å². The van der Waals surface area contributed by atoms with Gasteiger partial charge in [0.1, 0.15) is 18.1 Å². The summed E-state index contributed by atoms with van der Waals surface area (Å²) in [7, 11) is 0. The fraction of sp³-hybridized carbons (Fsp3) is 0.381. The molecule has 0 spiro atoms. The molecule has 0 aliphatic heterocycles. The number of carboxylic acid groups (broad SMARTS) is 1. The molecule has 3 aromatic rings. The summed E-state index contributed by atoms with van der Waals surface area (Å²) in [5, 5.41) is 26.4. The highest BCUT2D eigenvalue weighted by Crippen LogP contribution is 2.04. The summed E-state index contributed by atoms with van der Waals surface area (Å²) in [6, 6.07) is -5.04. The Morgan fingerprint density at radius 1 is 0.730 bits per heavy atom. The molecule has 3 heterocycles. The largest absolute Gasteiger partial charge is 0.480 e. The van der Waals surface area contributed by atoms with Crippen LogP contribution in [-0.2, 0) is 38.4 Å². The van der Waals surface area contributed by atoms with Crippen LogP contribution in [0.2, 0.25) is 0 Å². The van der Waals surface area contributed by atoms with Crippen LogP contribution < -0.4 is 21.7 Å². The summed E-state index contributed by atoms with van der Waals surface area (Å²) in [6.07, 6.45) is 8.60. The molecule has 4 atom stereocenters. The minimum atomic E-state index is -1.49. The fourth-order valence-electron chi connectivity index (χ4n) is 3.39. The lowest BCUT2D eigenvalue weighted by molar-refractivity contribution is -0.142. The molecule has 16 nitrogen and oxygen atoms in total. The first-order chi connectivity index (χ1) is 17.8. The van der Waals surface area contributed by atoms with Crippen LogP contribution >= 0.6 is 0 Å². The molecule has 16 heteroatoms. The number of hydrogen-bond acceptors (Lipinski definition) is 9. The number of nitrogens with two attached hydrogens (primary N) is 1. The van der Waals surface area contributed by atoms with Gasteiger partial charge in [0.2, 0.25) is 17.7 Å². The monoisotopic (exact) mass is 516 g/mol. The van der Waals surface area contributed by atoms with Gasteiger partial charge in [0, 0.05) is 54.9 Å². The van der Waals surface area contributed by atoms with Crippen molar-refractivity contribution < 1.29 is 29.4 Å². The Balaban J connectivity index is 1.66. The van der Waals surface area contributed by atoms with E-state index in [1.54, 1.807) is 0 Å². The number of carboxylic acids is 1. The highest BCUT2D eigenvalue weighted by Gasteiger charge is 2.30. The maximum atomic E-state index is 13.1. The number of nitrogens with zero attached hydrogens (tertiary/aromatic N) is 3. The zero-order valence-electron chi connectivity index (χ0n) is 19.5. The molecule has 198 valence electrons. The number of rotatable bonds is 14. The Kier molecular flexibility index (Phi) is 9.45. The average Bonchev–Trinajstić information content (AvgIpc) is 3.65. The summed E-state index contributed by atoms with van der Waals surface area (Å²) < 4.78 is 0. The molecule has 0 saturated carbocycles. The van der Waals surface area contributed by atoms with E-state index in [1.165, 1.54) is 37.6 Å². The van der Waals surface area contributed by atoms with Crippen molar-refractivity contribution in [2.45, 2.75) is 43.4 Å². The van der Waals surface area contributed by atoms with Crippen LogP contribution in [0.3, 0.4) is 0 Å². The molecule has 0 aliphatic rings. The molecule has 0 saturated heterocycles. The van der Waals surface area contributed by atoms with Gasteiger partial charge < -0.3 is 46.8 Å². The minimum absolute atomic E-state index is 0.0221. The van der Waals surface area contributed by atoms with Crippen LogP contribution in [0.4, 0.5) is 0 Å². The van der Waals surface area contributed by atoms with Crippen molar-refractivity contribution in [2.75, 3.05) is 6.61 Å². The molecule has 0 fully saturated rings. The zero-order valence-corrected chi connectivity index (χ0v) is 19.5. The maximum absolute atomic E-state index is 13.1. The average molecular weight is 517 g/mol. The maximum Gasteiger partial charge on any atom is 0.326 e. The Bertz CT molecular complexity index is 1150. The number of aliphatic hydroxyl groups is 1. The second-order valence-corrected chi connectivity index (χ2v) is 8.15. The molecule has 3 amide bonds. The molecular formula is C21H28N10O6. The Labute approximate surface area is 209 Å². The second-order valence-electron chi connectivity index (χ2n) is 8.15. The molecule has 0 radical (unpaired) electrons. The number of aliphatic carboxylic acids is 1. The van der Waals surface area contributed by atoms with E-state index in [0.29, 0.717) is 17.1 Å². The number of carbonyl (C=O) groups is 4.